The molecule has 3 rings (SSSR count). The first-order valence-corrected chi connectivity index (χ1v) is 8.14. The summed E-state index contributed by atoms with van der Waals surface area (Å²) in [5.41, 5.74) is 1.24. The Morgan fingerprint density at radius 2 is 2.24 bits per heavy atom. The summed E-state index contributed by atoms with van der Waals surface area (Å²) < 4.78 is 5.91. The lowest BCUT2D eigenvalue weighted by Crippen LogP contribution is -2.37. The fourth-order valence-electron chi connectivity index (χ4n) is 2.48. The normalized spacial score (nSPS) is 20.6. The fourth-order valence-corrected chi connectivity index (χ4v) is 3.56. The highest BCUT2D eigenvalue weighted by atomic mass is 32.2. The first-order valence-electron chi connectivity index (χ1n) is 7.26. The van der Waals surface area contributed by atoms with E-state index in [-0.39, 0.29) is 6.04 Å². The highest BCUT2D eigenvalue weighted by Crippen LogP contribution is 2.39. The van der Waals surface area contributed by atoms with Crippen LogP contribution in [0.15, 0.2) is 47.9 Å². The second-order valence-corrected chi connectivity index (χ2v) is 6.24. The molecule has 1 aliphatic rings. The number of ether oxygens (including phenoxy) is 1. The number of fused-ring (bicyclic) bond motifs is 1. The number of hydrogen-bond donors (Lipinski definition) is 1. The molecule has 110 valence electrons. The summed E-state index contributed by atoms with van der Waals surface area (Å²) in [7, 11) is 0. The zero-order chi connectivity index (χ0) is 14.5. The maximum absolute atomic E-state index is 5.91. The van der Waals surface area contributed by atoms with Crippen molar-refractivity contribution in [1.29, 1.82) is 0 Å². The summed E-state index contributed by atoms with van der Waals surface area (Å²) in [6.45, 7) is 3.87. The highest BCUT2D eigenvalue weighted by molar-refractivity contribution is 7.99. The summed E-state index contributed by atoms with van der Waals surface area (Å²) in [4.78, 5) is 8.28. The van der Waals surface area contributed by atoms with Gasteiger partial charge in [0.2, 0.25) is 0 Å². The number of para-hydroxylation sites is 1. The van der Waals surface area contributed by atoms with Gasteiger partial charge in [-0.2, -0.15) is 0 Å². The maximum Gasteiger partial charge on any atom is 0.124 e. The molecule has 2 aromatic rings. The fraction of sp³-hybridized carbons (Fsp3) is 0.375. The zero-order valence-corrected chi connectivity index (χ0v) is 12.8. The summed E-state index contributed by atoms with van der Waals surface area (Å²) in [6, 6.07) is 10.5. The van der Waals surface area contributed by atoms with Crippen LogP contribution in [0.3, 0.4) is 0 Å². The lowest BCUT2D eigenvalue weighted by atomic mass is 10.00. The molecule has 0 fully saturated rings. The van der Waals surface area contributed by atoms with Crippen molar-refractivity contribution in [3.8, 4) is 5.75 Å². The molecule has 0 saturated carbocycles. The molecule has 21 heavy (non-hydrogen) atoms. The lowest BCUT2D eigenvalue weighted by Gasteiger charge is -2.33. The molecule has 2 unspecified atom stereocenters. The van der Waals surface area contributed by atoms with Crippen LogP contribution < -0.4 is 10.1 Å². The standard InChI is InChI=1S/C16H19N3OS/c1-2-8-18-16-12-5-3-4-6-13(12)20-10-14(16)21-15-7-9-17-11-19-15/h3-7,9,11,14,16,18H,2,8,10H2,1H3. The molecule has 0 amide bonds. The van der Waals surface area contributed by atoms with E-state index in [4.69, 9.17) is 4.74 Å². The number of nitrogens with one attached hydrogen (secondary N) is 1. The third-order valence-electron chi connectivity index (χ3n) is 3.47. The molecule has 0 aliphatic carbocycles. The van der Waals surface area contributed by atoms with Crippen LogP contribution >= 0.6 is 11.8 Å². The van der Waals surface area contributed by atoms with E-state index in [2.05, 4.69) is 34.3 Å². The zero-order valence-electron chi connectivity index (χ0n) is 12.0. The number of benzene rings is 1. The van der Waals surface area contributed by atoms with Crippen LogP contribution in [-0.4, -0.2) is 28.4 Å². The summed E-state index contributed by atoms with van der Waals surface area (Å²) >= 11 is 1.75. The van der Waals surface area contributed by atoms with Crippen LogP contribution in [0.5, 0.6) is 5.75 Å². The van der Waals surface area contributed by atoms with E-state index in [9.17, 15) is 0 Å². The van der Waals surface area contributed by atoms with Crippen LogP contribution in [0.4, 0.5) is 0 Å². The van der Waals surface area contributed by atoms with Crippen molar-refractivity contribution in [3.05, 3.63) is 48.4 Å². The van der Waals surface area contributed by atoms with E-state index in [1.54, 1.807) is 24.3 Å². The number of rotatable bonds is 5. The minimum Gasteiger partial charge on any atom is -0.492 e. The van der Waals surface area contributed by atoms with Crippen LogP contribution in [0.2, 0.25) is 0 Å². The molecule has 0 bridgehead atoms. The third-order valence-corrected chi connectivity index (χ3v) is 4.66. The first-order chi connectivity index (χ1) is 10.4. The smallest absolute Gasteiger partial charge is 0.124 e. The first kappa shape index (κ1) is 14.4. The van der Waals surface area contributed by atoms with E-state index in [1.165, 1.54) is 5.56 Å². The van der Waals surface area contributed by atoms with Gasteiger partial charge in [-0.15, -0.1) is 0 Å². The van der Waals surface area contributed by atoms with Crippen LogP contribution in [0.25, 0.3) is 0 Å². The minimum absolute atomic E-state index is 0.287. The number of thioether (sulfide) groups is 1. The summed E-state index contributed by atoms with van der Waals surface area (Å²) in [5, 5.41) is 4.95. The van der Waals surface area contributed by atoms with Crippen molar-refractivity contribution in [2.75, 3.05) is 13.2 Å². The largest absolute Gasteiger partial charge is 0.492 e. The maximum atomic E-state index is 5.91. The van der Waals surface area contributed by atoms with Crippen molar-refractivity contribution >= 4 is 11.8 Å². The van der Waals surface area contributed by atoms with Crippen molar-refractivity contribution in [3.63, 3.8) is 0 Å². The van der Waals surface area contributed by atoms with E-state index in [0.717, 1.165) is 23.7 Å². The Balaban J connectivity index is 1.82. The average molecular weight is 301 g/mol. The number of hydrogen-bond acceptors (Lipinski definition) is 5. The third kappa shape index (κ3) is 3.36. The van der Waals surface area contributed by atoms with E-state index in [0.29, 0.717) is 11.9 Å². The van der Waals surface area contributed by atoms with Gasteiger partial charge in [-0.05, 0) is 25.1 Å². The molecule has 2 heterocycles. The Hall–Kier alpha value is -1.59. The lowest BCUT2D eigenvalue weighted by molar-refractivity contribution is 0.260. The Bertz CT molecular complexity index is 579. The second kappa shape index (κ2) is 6.91. The van der Waals surface area contributed by atoms with E-state index >= 15 is 0 Å². The van der Waals surface area contributed by atoms with E-state index < -0.39 is 0 Å². The molecule has 1 aliphatic heterocycles. The predicted octanol–water partition coefficient (Wildman–Crippen LogP) is 3.07. The van der Waals surface area contributed by atoms with Crippen molar-refractivity contribution in [2.24, 2.45) is 0 Å². The van der Waals surface area contributed by atoms with Crippen molar-refractivity contribution in [1.82, 2.24) is 15.3 Å². The molecule has 0 radical (unpaired) electrons. The van der Waals surface area contributed by atoms with Crippen molar-refractivity contribution < 1.29 is 4.74 Å². The molecular weight excluding hydrogens is 282 g/mol. The Morgan fingerprint density at radius 1 is 1.33 bits per heavy atom. The van der Waals surface area contributed by atoms with Gasteiger partial charge in [0, 0.05) is 11.8 Å². The molecule has 4 nitrogen and oxygen atoms in total. The van der Waals surface area contributed by atoms with Gasteiger partial charge in [-0.25, -0.2) is 9.97 Å². The molecule has 0 saturated heterocycles. The van der Waals surface area contributed by atoms with Gasteiger partial charge in [0.1, 0.15) is 18.7 Å². The van der Waals surface area contributed by atoms with Gasteiger partial charge >= 0.3 is 0 Å². The molecular formula is C16H19N3OS. The summed E-state index contributed by atoms with van der Waals surface area (Å²) in [5.74, 6) is 0.991. The summed E-state index contributed by atoms with van der Waals surface area (Å²) in [6.07, 6.45) is 4.49. The van der Waals surface area contributed by atoms with E-state index in [1.807, 2.05) is 18.2 Å². The number of nitrogens with zero attached hydrogens (tertiary/aromatic N) is 2. The van der Waals surface area contributed by atoms with Gasteiger partial charge in [0.15, 0.2) is 0 Å². The van der Waals surface area contributed by atoms with Gasteiger partial charge in [-0.1, -0.05) is 36.9 Å². The van der Waals surface area contributed by atoms with Gasteiger partial charge in [0.05, 0.1) is 16.3 Å². The highest BCUT2D eigenvalue weighted by Gasteiger charge is 2.31. The molecule has 2 atom stereocenters. The molecule has 1 N–H and O–H groups in total. The molecule has 1 aromatic carbocycles. The van der Waals surface area contributed by atoms with Gasteiger partial charge in [-0.3, -0.25) is 0 Å². The molecule has 0 spiro atoms. The Kier molecular flexibility index (Phi) is 4.72. The molecule has 5 heteroatoms. The quantitative estimate of drug-likeness (QED) is 0.860. The Morgan fingerprint density at radius 3 is 3.05 bits per heavy atom. The SMILES string of the molecule is CCCNC1c2ccccc2OCC1Sc1ccncn1. The second-order valence-electron chi connectivity index (χ2n) is 4.98. The topological polar surface area (TPSA) is 47.0 Å². The Labute approximate surface area is 129 Å². The van der Waals surface area contributed by atoms with Gasteiger partial charge in [0.25, 0.3) is 0 Å². The number of aromatic nitrogens is 2. The van der Waals surface area contributed by atoms with Crippen LogP contribution in [-0.2, 0) is 0 Å². The van der Waals surface area contributed by atoms with Gasteiger partial charge < -0.3 is 10.1 Å². The van der Waals surface area contributed by atoms with Crippen LogP contribution in [0.1, 0.15) is 24.9 Å². The molecule has 1 aromatic heterocycles. The minimum atomic E-state index is 0.287. The average Bonchev–Trinajstić information content (AvgIpc) is 2.55. The monoisotopic (exact) mass is 301 g/mol. The van der Waals surface area contributed by atoms with Crippen LogP contribution in [0, 0.1) is 0 Å². The predicted molar refractivity (Wildman–Crippen MR) is 84.6 cm³/mol. The van der Waals surface area contributed by atoms with Crippen molar-refractivity contribution in [2.45, 2.75) is 29.7 Å².